The molecule has 5 heteroatoms. The molecule has 0 unspecified atom stereocenters. The minimum absolute atomic E-state index is 0.0547. The molecule has 5 nitrogen and oxygen atoms in total. The van der Waals surface area contributed by atoms with Crippen molar-refractivity contribution in [2.24, 2.45) is 0 Å². The largest absolute Gasteiger partial charge is 0.347 e. The van der Waals surface area contributed by atoms with E-state index in [0.717, 1.165) is 39.3 Å². The number of nitrogens with one attached hydrogen (secondary N) is 1. The summed E-state index contributed by atoms with van der Waals surface area (Å²) in [4.78, 5) is 12.6. The number of carbonyl (C=O) groups is 1. The van der Waals surface area contributed by atoms with Crippen LogP contribution >= 0.6 is 0 Å². The van der Waals surface area contributed by atoms with Gasteiger partial charge in [-0.3, -0.25) is 4.79 Å². The highest BCUT2D eigenvalue weighted by Crippen LogP contribution is 2.29. The smallest absolute Gasteiger partial charge is 0.262 e. The zero-order chi connectivity index (χ0) is 25.5. The molecule has 5 rings (SSSR count). The van der Waals surface area contributed by atoms with Gasteiger partial charge in [0.1, 0.15) is 11.6 Å². The highest BCUT2D eigenvalue weighted by atomic mass is 16.1. The summed E-state index contributed by atoms with van der Waals surface area (Å²) in [6.07, 6.45) is 1.60. The standard InChI is InChI=1S/C32H24N4O/c33-22-28(32(37)34-23-25-10-4-1-5-11-25)20-24-16-18-29(19-17-24)36-31(27-14-8-3-9-15-27)21-30(35-36)26-12-6-2-7-13-26/h1-21H,23H2,(H,34,37). The Morgan fingerprint density at radius 3 is 2.03 bits per heavy atom. The summed E-state index contributed by atoms with van der Waals surface area (Å²) in [5.74, 6) is -0.402. The van der Waals surface area contributed by atoms with Crippen LogP contribution in [0.3, 0.4) is 0 Å². The predicted molar refractivity (Wildman–Crippen MR) is 146 cm³/mol. The van der Waals surface area contributed by atoms with Crippen molar-refractivity contribution in [2.45, 2.75) is 6.54 Å². The van der Waals surface area contributed by atoms with Gasteiger partial charge in [-0.15, -0.1) is 0 Å². The number of nitrogens with zero attached hydrogens (tertiary/aromatic N) is 3. The van der Waals surface area contributed by atoms with E-state index in [0.29, 0.717) is 6.54 Å². The third-order valence-corrected chi connectivity index (χ3v) is 5.96. The third kappa shape index (κ3) is 5.55. The first-order chi connectivity index (χ1) is 18.2. The quantitative estimate of drug-likeness (QED) is 0.216. The molecule has 0 saturated heterocycles. The second-order valence-corrected chi connectivity index (χ2v) is 8.49. The number of hydrogen-bond acceptors (Lipinski definition) is 3. The maximum Gasteiger partial charge on any atom is 0.262 e. The Kier molecular flexibility index (Phi) is 7.01. The van der Waals surface area contributed by atoms with Gasteiger partial charge in [0, 0.05) is 17.7 Å². The Bertz CT molecular complexity index is 1560. The number of benzene rings is 4. The van der Waals surface area contributed by atoms with Crippen molar-refractivity contribution >= 4 is 12.0 Å². The van der Waals surface area contributed by atoms with Gasteiger partial charge in [-0.2, -0.15) is 10.4 Å². The SMILES string of the molecule is N#CC(=Cc1ccc(-n2nc(-c3ccccc3)cc2-c2ccccc2)cc1)C(=O)NCc1ccccc1. The molecule has 1 aromatic heterocycles. The number of hydrogen-bond donors (Lipinski definition) is 1. The van der Waals surface area contributed by atoms with Crippen molar-refractivity contribution in [1.82, 2.24) is 15.1 Å². The van der Waals surface area contributed by atoms with Gasteiger partial charge in [-0.05, 0) is 35.4 Å². The first kappa shape index (κ1) is 23.5. The summed E-state index contributed by atoms with van der Waals surface area (Å²) < 4.78 is 1.92. The fraction of sp³-hybridized carbons (Fsp3) is 0.0312. The van der Waals surface area contributed by atoms with Crippen LogP contribution in [0.5, 0.6) is 0 Å². The molecule has 1 heterocycles. The third-order valence-electron chi connectivity index (χ3n) is 5.96. The molecule has 0 aliphatic rings. The molecule has 0 atom stereocenters. The van der Waals surface area contributed by atoms with E-state index in [1.54, 1.807) is 6.08 Å². The van der Waals surface area contributed by atoms with Crippen LogP contribution in [-0.2, 0) is 11.3 Å². The van der Waals surface area contributed by atoms with E-state index < -0.39 is 5.91 Å². The Labute approximate surface area is 216 Å². The molecule has 0 saturated carbocycles. The van der Waals surface area contributed by atoms with Gasteiger partial charge in [-0.1, -0.05) is 103 Å². The average Bonchev–Trinajstić information content (AvgIpc) is 3.42. The van der Waals surface area contributed by atoms with Gasteiger partial charge in [0.25, 0.3) is 5.91 Å². The van der Waals surface area contributed by atoms with Gasteiger partial charge in [0.15, 0.2) is 0 Å². The van der Waals surface area contributed by atoms with E-state index in [9.17, 15) is 10.1 Å². The number of nitriles is 1. The highest BCUT2D eigenvalue weighted by molar-refractivity contribution is 6.01. The Morgan fingerprint density at radius 1 is 0.811 bits per heavy atom. The highest BCUT2D eigenvalue weighted by Gasteiger charge is 2.13. The molecule has 0 bridgehead atoms. The lowest BCUT2D eigenvalue weighted by molar-refractivity contribution is -0.117. The monoisotopic (exact) mass is 480 g/mol. The van der Waals surface area contributed by atoms with Gasteiger partial charge in [0.05, 0.1) is 17.1 Å². The topological polar surface area (TPSA) is 70.7 Å². The molecule has 0 fully saturated rings. The number of aromatic nitrogens is 2. The molecule has 1 N–H and O–H groups in total. The molecular weight excluding hydrogens is 456 g/mol. The lowest BCUT2D eigenvalue weighted by atomic mass is 10.1. The first-order valence-corrected chi connectivity index (χ1v) is 12.0. The minimum atomic E-state index is -0.402. The van der Waals surface area contributed by atoms with E-state index in [-0.39, 0.29) is 5.57 Å². The Hall–Kier alpha value is -5.21. The van der Waals surface area contributed by atoms with Crippen LogP contribution in [0, 0.1) is 11.3 Å². The maximum absolute atomic E-state index is 12.6. The van der Waals surface area contributed by atoms with Crippen molar-refractivity contribution in [3.63, 3.8) is 0 Å². The number of amides is 1. The van der Waals surface area contributed by atoms with Crippen molar-refractivity contribution in [3.8, 4) is 34.3 Å². The maximum atomic E-state index is 12.6. The van der Waals surface area contributed by atoms with Crippen LogP contribution in [0.15, 0.2) is 127 Å². The van der Waals surface area contributed by atoms with Crippen molar-refractivity contribution < 1.29 is 4.79 Å². The minimum Gasteiger partial charge on any atom is -0.347 e. The summed E-state index contributed by atoms with van der Waals surface area (Å²) in [5, 5.41) is 17.3. The Morgan fingerprint density at radius 2 is 1.41 bits per heavy atom. The zero-order valence-electron chi connectivity index (χ0n) is 20.1. The lowest BCUT2D eigenvalue weighted by Crippen LogP contribution is -2.23. The van der Waals surface area contributed by atoms with Gasteiger partial charge < -0.3 is 5.32 Å². The normalized spacial score (nSPS) is 11.1. The summed E-state index contributed by atoms with van der Waals surface area (Å²) >= 11 is 0. The summed E-state index contributed by atoms with van der Waals surface area (Å²) in [5.41, 5.74) is 6.61. The van der Waals surface area contributed by atoms with E-state index in [4.69, 9.17) is 5.10 Å². The number of rotatable bonds is 7. The van der Waals surface area contributed by atoms with Crippen LogP contribution < -0.4 is 5.32 Å². The molecule has 5 aromatic rings. The molecule has 0 radical (unpaired) electrons. The zero-order valence-corrected chi connectivity index (χ0v) is 20.1. The molecule has 1 amide bonds. The second kappa shape index (κ2) is 11.0. The van der Waals surface area contributed by atoms with Crippen molar-refractivity contribution in [1.29, 1.82) is 5.26 Å². The average molecular weight is 481 g/mol. The van der Waals surface area contributed by atoms with Crippen molar-refractivity contribution in [2.75, 3.05) is 0 Å². The summed E-state index contributed by atoms with van der Waals surface area (Å²) in [6.45, 7) is 0.364. The molecule has 178 valence electrons. The first-order valence-electron chi connectivity index (χ1n) is 12.0. The second-order valence-electron chi connectivity index (χ2n) is 8.49. The van der Waals surface area contributed by atoms with Gasteiger partial charge in [-0.25, -0.2) is 4.68 Å². The lowest BCUT2D eigenvalue weighted by Gasteiger charge is -2.08. The molecule has 0 spiro atoms. The molecule has 4 aromatic carbocycles. The molecular formula is C32H24N4O. The summed E-state index contributed by atoms with van der Waals surface area (Å²) in [6, 6.07) is 41.6. The van der Waals surface area contributed by atoms with Crippen molar-refractivity contribution in [3.05, 3.63) is 138 Å². The van der Waals surface area contributed by atoms with Crippen LogP contribution in [-0.4, -0.2) is 15.7 Å². The number of carbonyl (C=O) groups excluding carboxylic acids is 1. The van der Waals surface area contributed by atoms with Crippen LogP contribution in [0.2, 0.25) is 0 Å². The van der Waals surface area contributed by atoms with E-state index in [2.05, 4.69) is 23.5 Å². The van der Waals surface area contributed by atoms with Gasteiger partial charge in [0.2, 0.25) is 0 Å². The fourth-order valence-corrected chi connectivity index (χ4v) is 4.04. The van der Waals surface area contributed by atoms with E-state index >= 15 is 0 Å². The van der Waals surface area contributed by atoms with Crippen LogP contribution in [0.4, 0.5) is 0 Å². The van der Waals surface area contributed by atoms with E-state index in [1.807, 2.05) is 114 Å². The van der Waals surface area contributed by atoms with E-state index in [1.165, 1.54) is 0 Å². The van der Waals surface area contributed by atoms with Crippen LogP contribution in [0.1, 0.15) is 11.1 Å². The molecule has 37 heavy (non-hydrogen) atoms. The molecule has 0 aliphatic heterocycles. The predicted octanol–water partition coefficient (Wildman–Crippen LogP) is 6.43. The molecule has 0 aliphatic carbocycles. The van der Waals surface area contributed by atoms with Gasteiger partial charge >= 0.3 is 0 Å². The Balaban J connectivity index is 1.41. The van der Waals surface area contributed by atoms with Crippen LogP contribution in [0.25, 0.3) is 34.3 Å². The summed E-state index contributed by atoms with van der Waals surface area (Å²) in [7, 11) is 0. The fourth-order valence-electron chi connectivity index (χ4n) is 4.04.